The van der Waals surface area contributed by atoms with Crippen molar-refractivity contribution in [3.8, 4) is 0 Å². The van der Waals surface area contributed by atoms with Crippen molar-refractivity contribution in [1.29, 1.82) is 0 Å². The predicted octanol–water partition coefficient (Wildman–Crippen LogP) is 3.78. The lowest BCUT2D eigenvalue weighted by Crippen LogP contribution is -2.34. The highest BCUT2D eigenvalue weighted by molar-refractivity contribution is 6.30. The summed E-state index contributed by atoms with van der Waals surface area (Å²) in [4.78, 5) is 15.3. The summed E-state index contributed by atoms with van der Waals surface area (Å²) in [6, 6.07) is 8.41. The molecule has 1 aliphatic carbocycles. The van der Waals surface area contributed by atoms with Crippen molar-refractivity contribution in [2.75, 3.05) is 6.54 Å². The molecule has 2 unspecified atom stereocenters. The molecule has 1 saturated heterocycles. The summed E-state index contributed by atoms with van der Waals surface area (Å²) >= 11 is 6.47. The van der Waals surface area contributed by atoms with Crippen LogP contribution in [0.1, 0.15) is 53.6 Å². The smallest absolute Gasteiger partial charge is 0.230 e. The minimum atomic E-state index is -0.00227. The SMILES string of the molecule is Cc1nn(C)c(Cl)c1C1CCCN1C(=O)C1CCc2ccccc21. The van der Waals surface area contributed by atoms with Crippen molar-refractivity contribution >= 4 is 17.5 Å². The quantitative estimate of drug-likeness (QED) is 0.832. The second-order valence-electron chi connectivity index (χ2n) is 6.89. The number of benzene rings is 1. The number of nitrogens with zero attached hydrogens (tertiary/aromatic N) is 3. The highest BCUT2D eigenvalue weighted by Crippen LogP contribution is 2.41. The van der Waals surface area contributed by atoms with Crippen LogP contribution in [0, 0.1) is 6.92 Å². The number of likely N-dealkylation sites (tertiary alicyclic amines) is 1. The first-order chi connectivity index (χ1) is 11.6. The Kier molecular flexibility index (Phi) is 3.87. The van der Waals surface area contributed by atoms with Crippen LogP contribution in [0.25, 0.3) is 0 Å². The normalized spacial score (nSPS) is 22.9. The Hall–Kier alpha value is -1.81. The molecule has 4 rings (SSSR count). The van der Waals surface area contributed by atoms with E-state index in [4.69, 9.17) is 11.6 Å². The van der Waals surface area contributed by atoms with Gasteiger partial charge < -0.3 is 4.90 Å². The van der Waals surface area contributed by atoms with Gasteiger partial charge in [-0.25, -0.2) is 0 Å². The Bertz CT molecular complexity index is 798. The minimum absolute atomic E-state index is 0.00227. The standard InChI is InChI=1S/C19H22ClN3O/c1-12-17(18(20)22(2)21-12)16-8-5-11-23(16)19(24)15-10-9-13-6-3-4-7-14(13)15/h3-4,6-7,15-16H,5,8-11H2,1-2H3. The van der Waals surface area contributed by atoms with Crippen LogP contribution in [0.2, 0.25) is 5.15 Å². The molecule has 5 heteroatoms. The molecule has 4 nitrogen and oxygen atoms in total. The molecule has 0 saturated carbocycles. The number of amides is 1. The van der Waals surface area contributed by atoms with Crippen LogP contribution in [0.4, 0.5) is 0 Å². The van der Waals surface area contributed by atoms with E-state index in [2.05, 4.69) is 23.3 Å². The summed E-state index contributed by atoms with van der Waals surface area (Å²) < 4.78 is 1.71. The fourth-order valence-electron chi connectivity index (χ4n) is 4.37. The van der Waals surface area contributed by atoms with Crippen LogP contribution in [0.15, 0.2) is 24.3 Å². The highest BCUT2D eigenvalue weighted by atomic mass is 35.5. The van der Waals surface area contributed by atoms with Gasteiger partial charge in [0, 0.05) is 19.2 Å². The van der Waals surface area contributed by atoms with Gasteiger partial charge in [-0.05, 0) is 43.7 Å². The molecule has 0 N–H and O–H groups in total. The molecule has 2 atom stereocenters. The van der Waals surface area contributed by atoms with E-state index in [9.17, 15) is 4.79 Å². The van der Waals surface area contributed by atoms with Crippen LogP contribution in [-0.2, 0) is 18.3 Å². The number of aromatic nitrogens is 2. The van der Waals surface area contributed by atoms with Gasteiger partial charge in [0.25, 0.3) is 0 Å². The lowest BCUT2D eigenvalue weighted by atomic mass is 9.98. The van der Waals surface area contributed by atoms with E-state index in [1.165, 1.54) is 11.1 Å². The number of aryl methyl sites for hydroxylation is 3. The molecule has 0 bridgehead atoms. The first-order valence-electron chi connectivity index (χ1n) is 8.65. The zero-order valence-electron chi connectivity index (χ0n) is 14.1. The molecule has 1 amide bonds. The second-order valence-corrected chi connectivity index (χ2v) is 7.25. The van der Waals surface area contributed by atoms with Crippen LogP contribution in [-0.4, -0.2) is 27.1 Å². The maximum atomic E-state index is 13.3. The van der Waals surface area contributed by atoms with Gasteiger partial charge in [-0.1, -0.05) is 35.9 Å². The van der Waals surface area contributed by atoms with Crippen LogP contribution in [0.3, 0.4) is 0 Å². The Morgan fingerprint density at radius 3 is 2.83 bits per heavy atom. The number of fused-ring (bicyclic) bond motifs is 1. The molecule has 126 valence electrons. The minimum Gasteiger partial charge on any atom is -0.335 e. The summed E-state index contributed by atoms with van der Waals surface area (Å²) in [6.45, 7) is 2.79. The van der Waals surface area contributed by atoms with Crippen LogP contribution < -0.4 is 0 Å². The average molecular weight is 344 g/mol. The van der Waals surface area contributed by atoms with Gasteiger partial charge >= 0.3 is 0 Å². The number of rotatable bonds is 2. The molecule has 1 aliphatic heterocycles. The molecule has 0 spiro atoms. The number of carbonyl (C=O) groups is 1. The third-order valence-corrected chi connectivity index (χ3v) is 5.94. The van der Waals surface area contributed by atoms with Crippen molar-refractivity contribution in [3.63, 3.8) is 0 Å². The van der Waals surface area contributed by atoms with E-state index < -0.39 is 0 Å². The van der Waals surface area contributed by atoms with E-state index in [0.29, 0.717) is 5.15 Å². The first-order valence-corrected chi connectivity index (χ1v) is 9.03. The molecule has 0 radical (unpaired) electrons. The van der Waals surface area contributed by atoms with Crippen molar-refractivity contribution in [2.24, 2.45) is 7.05 Å². The number of hydrogen-bond acceptors (Lipinski definition) is 2. The summed E-state index contributed by atoms with van der Waals surface area (Å²) in [5.41, 5.74) is 4.49. The summed E-state index contributed by atoms with van der Waals surface area (Å²) in [7, 11) is 1.85. The Balaban J connectivity index is 1.65. The molecule has 1 fully saturated rings. The van der Waals surface area contributed by atoms with Crippen LogP contribution in [0.5, 0.6) is 0 Å². The number of halogens is 1. The molecular weight excluding hydrogens is 322 g/mol. The first kappa shape index (κ1) is 15.7. The third kappa shape index (κ3) is 2.35. The molecular formula is C19H22ClN3O. The maximum absolute atomic E-state index is 13.3. The Labute approximate surface area is 147 Å². The van der Waals surface area contributed by atoms with E-state index in [1.807, 2.05) is 24.9 Å². The van der Waals surface area contributed by atoms with Crippen molar-refractivity contribution in [1.82, 2.24) is 14.7 Å². The maximum Gasteiger partial charge on any atom is 0.230 e. The Morgan fingerprint density at radius 2 is 2.08 bits per heavy atom. The summed E-state index contributed by atoms with van der Waals surface area (Å²) in [5, 5.41) is 5.09. The largest absolute Gasteiger partial charge is 0.335 e. The van der Waals surface area contributed by atoms with Gasteiger partial charge in [0.05, 0.1) is 17.7 Å². The van der Waals surface area contributed by atoms with Gasteiger partial charge in [0.2, 0.25) is 5.91 Å². The summed E-state index contributed by atoms with van der Waals surface area (Å²) in [5.74, 6) is 0.249. The fraction of sp³-hybridized carbons (Fsp3) is 0.474. The number of carbonyl (C=O) groups excluding carboxylic acids is 1. The van der Waals surface area contributed by atoms with Gasteiger partial charge in [0.1, 0.15) is 5.15 Å². The van der Waals surface area contributed by atoms with E-state index in [1.54, 1.807) is 4.68 Å². The van der Waals surface area contributed by atoms with E-state index >= 15 is 0 Å². The van der Waals surface area contributed by atoms with Gasteiger partial charge in [-0.3, -0.25) is 9.48 Å². The molecule has 24 heavy (non-hydrogen) atoms. The van der Waals surface area contributed by atoms with Crippen molar-refractivity contribution < 1.29 is 4.79 Å². The molecule has 2 aromatic rings. The van der Waals surface area contributed by atoms with Gasteiger partial charge in [-0.2, -0.15) is 5.10 Å². The Morgan fingerprint density at radius 1 is 1.29 bits per heavy atom. The highest BCUT2D eigenvalue weighted by Gasteiger charge is 2.39. The van der Waals surface area contributed by atoms with Crippen molar-refractivity contribution in [3.05, 3.63) is 51.8 Å². The fourth-order valence-corrected chi connectivity index (χ4v) is 4.67. The van der Waals surface area contributed by atoms with E-state index in [-0.39, 0.29) is 17.9 Å². The summed E-state index contributed by atoms with van der Waals surface area (Å²) in [6.07, 6.45) is 3.90. The molecule has 2 aliphatic rings. The lowest BCUT2D eigenvalue weighted by molar-refractivity contribution is -0.133. The van der Waals surface area contributed by atoms with Gasteiger partial charge in [-0.15, -0.1) is 0 Å². The zero-order chi connectivity index (χ0) is 16.8. The molecule has 2 heterocycles. The monoisotopic (exact) mass is 343 g/mol. The third-order valence-electron chi connectivity index (χ3n) is 5.50. The van der Waals surface area contributed by atoms with Gasteiger partial charge in [0.15, 0.2) is 0 Å². The van der Waals surface area contributed by atoms with Crippen LogP contribution >= 0.6 is 11.6 Å². The molecule has 1 aromatic heterocycles. The predicted molar refractivity (Wildman–Crippen MR) is 94.1 cm³/mol. The van der Waals surface area contributed by atoms with E-state index in [0.717, 1.165) is 43.5 Å². The zero-order valence-corrected chi connectivity index (χ0v) is 14.9. The number of hydrogen-bond donors (Lipinski definition) is 0. The lowest BCUT2D eigenvalue weighted by Gasteiger charge is -2.28. The second kappa shape index (κ2) is 5.92. The topological polar surface area (TPSA) is 38.1 Å². The van der Waals surface area contributed by atoms with Crippen molar-refractivity contribution in [2.45, 2.75) is 44.6 Å². The molecule has 1 aromatic carbocycles. The average Bonchev–Trinajstić information content (AvgIpc) is 3.26.